The van der Waals surface area contributed by atoms with Crippen LogP contribution >= 0.6 is 11.6 Å². The molecule has 7 nitrogen and oxygen atoms in total. The van der Waals surface area contributed by atoms with Crippen LogP contribution in [0.4, 0.5) is 5.69 Å². The molecule has 7 rings (SSSR count). The van der Waals surface area contributed by atoms with Crippen molar-refractivity contribution in [3.05, 3.63) is 136 Å². The molecular formula is C37H33ClN4O3. The second kappa shape index (κ2) is 12.4. The summed E-state index contributed by atoms with van der Waals surface area (Å²) in [6, 6.07) is 33.0. The Morgan fingerprint density at radius 2 is 1.51 bits per heavy atom. The highest BCUT2D eigenvalue weighted by Crippen LogP contribution is 2.36. The minimum absolute atomic E-state index is 0.184. The molecule has 5 aromatic rings. The number of carbonyl (C=O) groups is 2. The third-order valence-electron chi connectivity index (χ3n) is 8.73. The Balaban J connectivity index is 1.22. The fourth-order valence-electron chi connectivity index (χ4n) is 6.45. The quantitative estimate of drug-likeness (QED) is 0.233. The fraction of sp³-hybridized carbons (Fsp3) is 0.189. The van der Waals surface area contributed by atoms with Crippen LogP contribution < -0.4 is 10.6 Å². The van der Waals surface area contributed by atoms with Crippen molar-refractivity contribution < 1.29 is 14.3 Å². The number of aromatic nitrogens is 1. The summed E-state index contributed by atoms with van der Waals surface area (Å²) in [6.07, 6.45) is 0. The first kappa shape index (κ1) is 29.0. The third kappa shape index (κ3) is 5.66. The normalized spacial score (nSPS) is 14.8. The zero-order chi connectivity index (χ0) is 30.9. The molecule has 2 aliphatic rings. The van der Waals surface area contributed by atoms with Crippen molar-refractivity contribution >= 4 is 29.1 Å². The van der Waals surface area contributed by atoms with Gasteiger partial charge in [0.05, 0.1) is 35.9 Å². The second-order valence-corrected chi connectivity index (χ2v) is 11.9. The molecule has 1 saturated heterocycles. The monoisotopic (exact) mass is 616 g/mol. The number of anilines is 1. The first-order valence-corrected chi connectivity index (χ1v) is 15.5. The summed E-state index contributed by atoms with van der Waals surface area (Å²) in [5.74, 6) is -0.713. The zero-order valence-corrected chi connectivity index (χ0v) is 25.5. The number of hydrogen-bond acceptors (Lipinski definition) is 4. The molecule has 0 bridgehead atoms. The van der Waals surface area contributed by atoms with Crippen molar-refractivity contribution in [1.29, 1.82) is 0 Å². The average Bonchev–Trinajstić information content (AvgIpc) is 3.34. The van der Waals surface area contributed by atoms with E-state index >= 15 is 0 Å². The second-order valence-electron chi connectivity index (χ2n) is 11.5. The van der Waals surface area contributed by atoms with Gasteiger partial charge in [-0.1, -0.05) is 84.4 Å². The van der Waals surface area contributed by atoms with Crippen LogP contribution in [0.15, 0.2) is 103 Å². The lowest BCUT2D eigenvalue weighted by Crippen LogP contribution is -2.36. The van der Waals surface area contributed by atoms with E-state index in [0.29, 0.717) is 40.4 Å². The number of carbonyl (C=O) groups excluding carboxylic acids is 2. The lowest BCUT2D eigenvalue weighted by molar-refractivity contribution is 0.0332. The Bertz CT molecular complexity index is 1900. The van der Waals surface area contributed by atoms with Gasteiger partial charge in [-0.25, -0.2) is 0 Å². The topological polar surface area (TPSA) is 80.8 Å². The molecule has 0 aliphatic carbocycles. The predicted molar refractivity (Wildman–Crippen MR) is 177 cm³/mol. The molecule has 8 heteroatoms. The molecule has 45 heavy (non-hydrogen) atoms. The van der Waals surface area contributed by atoms with Gasteiger partial charge >= 0.3 is 0 Å². The minimum Gasteiger partial charge on any atom is -0.379 e. The van der Waals surface area contributed by atoms with E-state index in [0.717, 1.165) is 60.9 Å². The van der Waals surface area contributed by atoms with Crippen LogP contribution in [-0.2, 0) is 24.4 Å². The molecule has 0 unspecified atom stereocenters. The molecule has 2 N–H and O–H groups in total. The highest BCUT2D eigenvalue weighted by atomic mass is 35.5. The lowest BCUT2D eigenvalue weighted by Gasteiger charge is -2.27. The van der Waals surface area contributed by atoms with E-state index in [4.69, 9.17) is 22.1 Å². The number of nitrogens with zero attached hydrogens (tertiary/aromatic N) is 3. The molecule has 2 amide bonds. The molecule has 0 atom stereocenters. The van der Waals surface area contributed by atoms with E-state index in [1.807, 2.05) is 77.7 Å². The summed E-state index contributed by atoms with van der Waals surface area (Å²) in [5.41, 5.74) is 14.0. The minimum atomic E-state index is -0.530. The number of morpholine rings is 1. The maximum Gasteiger partial charge on any atom is 0.260 e. The van der Waals surface area contributed by atoms with Crippen LogP contribution in [0.2, 0.25) is 5.02 Å². The van der Waals surface area contributed by atoms with Crippen LogP contribution in [0.1, 0.15) is 37.7 Å². The number of fused-ring (bicyclic) bond motifs is 2. The van der Waals surface area contributed by atoms with Crippen LogP contribution in [-0.4, -0.2) is 47.6 Å². The van der Waals surface area contributed by atoms with Crippen molar-refractivity contribution in [1.82, 2.24) is 9.47 Å². The molecule has 1 aromatic heterocycles. The number of amides is 2. The first-order valence-electron chi connectivity index (χ1n) is 15.1. The van der Waals surface area contributed by atoms with Gasteiger partial charge in [-0.15, -0.1) is 0 Å². The van der Waals surface area contributed by atoms with Gasteiger partial charge in [0.1, 0.15) is 0 Å². The van der Waals surface area contributed by atoms with E-state index in [1.165, 1.54) is 5.69 Å². The number of hydrogen-bond donors (Lipinski definition) is 1. The maximum absolute atomic E-state index is 14.3. The largest absolute Gasteiger partial charge is 0.379 e. The third-order valence-corrected chi connectivity index (χ3v) is 9.05. The molecule has 0 radical (unpaired) electrons. The Hall–Kier alpha value is -4.69. The van der Waals surface area contributed by atoms with Gasteiger partial charge in [-0.05, 0) is 58.1 Å². The van der Waals surface area contributed by atoms with Gasteiger partial charge in [0.25, 0.3) is 5.91 Å². The highest BCUT2D eigenvalue weighted by Gasteiger charge is 2.28. The standard InChI is InChI=1S/C37H33ClN4O3/c38-33-21-26(31-11-6-10-30(35(31)36(39)43)25-7-2-1-3-8-25)13-16-32(33)37(44)42-24-29-15-14-28(23-40-17-19-45-20-18-40)41(29)22-27-9-4-5-12-34(27)42/h1-16,21H,17-20,22-24H2,(H2,39,43). The number of benzene rings is 4. The Morgan fingerprint density at radius 3 is 2.27 bits per heavy atom. The van der Waals surface area contributed by atoms with E-state index < -0.39 is 5.91 Å². The van der Waals surface area contributed by atoms with Crippen LogP contribution in [0, 0.1) is 0 Å². The number of para-hydroxylation sites is 1. The number of nitrogens with two attached hydrogens (primary N) is 1. The highest BCUT2D eigenvalue weighted by molar-refractivity contribution is 6.35. The molecule has 4 aromatic carbocycles. The van der Waals surface area contributed by atoms with Crippen LogP contribution in [0.25, 0.3) is 22.3 Å². The van der Waals surface area contributed by atoms with Crippen molar-refractivity contribution in [2.24, 2.45) is 5.73 Å². The summed E-state index contributed by atoms with van der Waals surface area (Å²) >= 11 is 6.88. The van der Waals surface area contributed by atoms with E-state index in [-0.39, 0.29) is 5.91 Å². The number of halogens is 1. The smallest absolute Gasteiger partial charge is 0.260 e. The van der Waals surface area contributed by atoms with Gasteiger partial charge in [0.15, 0.2) is 0 Å². The summed E-state index contributed by atoms with van der Waals surface area (Å²) < 4.78 is 7.87. The molecule has 2 aliphatic heterocycles. The van der Waals surface area contributed by atoms with Crippen molar-refractivity contribution in [2.75, 3.05) is 31.2 Å². The van der Waals surface area contributed by atoms with E-state index in [9.17, 15) is 9.59 Å². The molecule has 3 heterocycles. The zero-order valence-electron chi connectivity index (χ0n) is 24.8. The molecule has 1 fully saturated rings. The molecule has 0 spiro atoms. The van der Waals surface area contributed by atoms with Crippen molar-refractivity contribution in [2.45, 2.75) is 19.6 Å². The number of primary amides is 1. The number of rotatable bonds is 6. The Morgan fingerprint density at radius 1 is 0.778 bits per heavy atom. The fourth-order valence-corrected chi connectivity index (χ4v) is 6.71. The predicted octanol–water partition coefficient (Wildman–Crippen LogP) is 6.62. The molecule has 226 valence electrons. The maximum atomic E-state index is 14.3. The number of ether oxygens (including phenoxy) is 1. The molecular weight excluding hydrogens is 584 g/mol. The molecule has 0 saturated carbocycles. The van der Waals surface area contributed by atoms with Gasteiger partial charge in [-0.2, -0.15) is 0 Å². The summed E-state index contributed by atoms with van der Waals surface area (Å²) in [5, 5.41) is 0.308. The summed E-state index contributed by atoms with van der Waals surface area (Å²) in [4.78, 5) is 31.2. The van der Waals surface area contributed by atoms with Gasteiger partial charge in [0, 0.05) is 43.3 Å². The first-order chi connectivity index (χ1) is 22.0. The summed E-state index contributed by atoms with van der Waals surface area (Å²) in [6.45, 7) is 5.26. The van der Waals surface area contributed by atoms with Gasteiger partial charge in [0.2, 0.25) is 5.91 Å². The van der Waals surface area contributed by atoms with Gasteiger partial charge in [-0.3, -0.25) is 14.5 Å². The Kier molecular flexibility index (Phi) is 7.98. The van der Waals surface area contributed by atoms with E-state index in [1.54, 1.807) is 12.1 Å². The average molecular weight is 617 g/mol. The van der Waals surface area contributed by atoms with Gasteiger partial charge < -0.3 is 19.9 Å². The van der Waals surface area contributed by atoms with E-state index in [2.05, 4.69) is 27.7 Å². The lowest BCUT2D eigenvalue weighted by atomic mass is 9.91. The van der Waals surface area contributed by atoms with Crippen molar-refractivity contribution in [3.63, 3.8) is 0 Å². The SMILES string of the molecule is NC(=O)c1c(-c2ccccc2)cccc1-c1ccc(C(=O)N2Cc3ccc(CN4CCOCC4)n3Cc3ccccc32)c(Cl)c1. The van der Waals surface area contributed by atoms with Crippen LogP contribution in [0.3, 0.4) is 0 Å². The summed E-state index contributed by atoms with van der Waals surface area (Å²) in [7, 11) is 0. The Labute approximate surface area is 267 Å². The van der Waals surface area contributed by atoms with Crippen molar-refractivity contribution in [3.8, 4) is 22.3 Å². The van der Waals surface area contributed by atoms with Crippen LogP contribution in [0.5, 0.6) is 0 Å².